The van der Waals surface area contributed by atoms with Gasteiger partial charge in [-0.05, 0) is 68.2 Å². The Bertz CT molecular complexity index is 1840. The molecule has 53 heavy (non-hydrogen) atoms. The number of hydrogen-bond acceptors (Lipinski definition) is 11. The molecule has 0 aromatic heterocycles. The van der Waals surface area contributed by atoms with Crippen molar-refractivity contribution in [2.24, 2.45) is 22.7 Å². The molecule has 2 N–H and O–H groups in total. The van der Waals surface area contributed by atoms with Crippen LogP contribution in [0.1, 0.15) is 70.7 Å². The van der Waals surface area contributed by atoms with Gasteiger partial charge < -0.3 is 33.6 Å². The Balaban J connectivity index is 1.51. The van der Waals surface area contributed by atoms with Gasteiger partial charge in [0.05, 0.1) is 41.6 Å². The lowest BCUT2D eigenvalue weighted by molar-refractivity contribution is -0.344. The molecule has 2 aromatic carbocycles. The number of Topliss-reactive ketones (excluding diaryl/α,β-unsaturated/α-hetero) is 1. The zero-order chi connectivity index (χ0) is 38.3. The summed E-state index contributed by atoms with van der Waals surface area (Å²) >= 11 is 0. The normalized spacial score (nSPS) is 36.1. The molecule has 0 spiro atoms. The molecule has 2 bridgehead atoms. The second kappa shape index (κ2) is 13.0. The predicted octanol–water partition coefficient (Wildman–Crippen LogP) is 4.18. The molecule has 1 unspecified atom stereocenters. The van der Waals surface area contributed by atoms with Crippen molar-refractivity contribution in [1.29, 1.82) is 0 Å². The first-order chi connectivity index (χ1) is 24.9. The quantitative estimate of drug-likeness (QED) is 0.173. The van der Waals surface area contributed by atoms with Crippen molar-refractivity contribution in [3.8, 4) is 0 Å². The maximum Gasteiger partial charge on any atom is 0.338 e. The minimum atomic E-state index is -2.85. The number of fused-ring (bicyclic) bond motifs is 5. The van der Waals surface area contributed by atoms with Crippen molar-refractivity contribution in [3.05, 3.63) is 77.4 Å². The maximum absolute atomic E-state index is 16.0. The summed E-state index contributed by atoms with van der Waals surface area (Å²) in [5, 5.41) is 26.1. The average Bonchev–Trinajstić information content (AvgIpc) is 3.96. The van der Waals surface area contributed by atoms with E-state index in [4.69, 9.17) is 23.4 Å². The lowest BCUT2D eigenvalue weighted by atomic mass is 9.44. The van der Waals surface area contributed by atoms with Gasteiger partial charge in [0.1, 0.15) is 17.8 Å². The molecule has 2 aromatic rings. The lowest BCUT2D eigenvalue weighted by Gasteiger charge is -2.68. The van der Waals surface area contributed by atoms with E-state index in [2.05, 4.69) is 0 Å². The number of rotatable bonds is 8. The van der Waals surface area contributed by atoms with E-state index in [0.29, 0.717) is 18.4 Å². The van der Waals surface area contributed by atoms with E-state index >= 15 is 4.79 Å². The molecule has 1 heterocycles. The third kappa shape index (κ3) is 5.83. The number of hydrogen-bond donors (Lipinski definition) is 2. The summed E-state index contributed by atoms with van der Waals surface area (Å²) in [4.78, 5) is 56.9. The molecule has 0 amide bonds. The van der Waals surface area contributed by atoms with Crippen molar-refractivity contribution in [2.75, 3.05) is 6.61 Å². The summed E-state index contributed by atoms with van der Waals surface area (Å²) in [6.07, 6.45) is -5.03. The molecule has 9 atom stereocenters. The summed E-state index contributed by atoms with van der Waals surface area (Å²) < 4.78 is 32.4. The molecule has 1 aliphatic heterocycles. The Morgan fingerprint density at radius 1 is 0.943 bits per heavy atom. The molecular formula is C41H50O11Si. The highest BCUT2D eigenvalue weighted by molar-refractivity contribution is 6.84. The number of esters is 3. The first-order valence-electron chi connectivity index (χ1n) is 18.6. The zero-order valence-corrected chi connectivity index (χ0v) is 32.4. The summed E-state index contributed by atoms with van der Waals surface area (Å²) in [6, 6.07) is 18.0. The standard InChI is InChI=1S/C41H50O11Si/c1-23-28(43)21-41(47)35(50-37(46)25-14-10-8-11-15-25)33-39(5,34(44)32(31(23)38(41,3)4)49-36(45)26-18-19-26)29(20-30-40(33,22-48-30)51-24(2)42)52-53(6,7)27-16-12-9-13-17-27/h8-17,26,28-30,32-33,35,43,47H,18-22H2,1-7H3/t28-,29-,30+,32+,33?,35-,39+,40-,41+/m0/s1. The molecule has 0 radical (unpaired) electrons. The summed E-state index contributed by atoms with van der Waals surface area (Å²) in [6.45, 7) is 12.0. The van der Waals surface area contributed by atoms with E-state index in [9.17, 15) is 24.6 Å². The van der Waals surface area contributed by atoms with Crippen LogP contribution in [0, 0.1) is 22.7 Å². The molecule has 1 saturated heterocycles. The highest BCUT2D eigenvalue weighted by atomic mass is 28.4. The smallest absolute Gasteiger partial charge is 0.338 e. The Hall–Kier alpha value is -3.68. The van der Waals surface area contributed by atoms with Gasteiger partial charge in [0.15, 0.2) is 17.5 Å². The average molecular weight is 747 g/mol. The second-order valence-corrected chi connectivity index (χ2v) is 20.7. The fraction of sp³-hybridized carbons (Fsp3) is 0.561. The van der Waals surface area contributed by atoms with Crippen LogP contribution in [0.25, 0.3) is 0 Å². The minimum Gasteiger partial charge on any atom is -0.455 e. The molecule has 284 valence electrons. The largest absolute Gasteiger partial charge is 0.455 e. The van der Waals surface area contributed by atoms with E-state index in [1.165, 1.54) is 6.92 Å². The van der Waals surface area contributed by atoms with Crippen LogP contribution >= 0.6 is 0 Å². The minimum absolute atomic E-state index is 0.125. The zero-order valence-electron chi connectivity index (χ0n) is 31.4. The van der Waals surface area contributed by atoms with Crippen molar-refractivity contribution < 1.29 is 52.8 Å². The maximum atomic E-state index is 16.0. The number of aliphatic hydroxyl groups excluding tert-OH is 1. The number of carbonyl (C=O) groups excluding carboxylic acids is 4. The van der Waals surface area contributed by atoms with Crippen LogP contribution < -0.4 is 5.19 Å². The van der Waals surface area contributed by atoms with Gasteiger partial charge in [0.2, 0.25) is 8.32 Å². The van der Waals surface area contributed by atoms with E-state index < -0.39 is 90.5 Å². The monoisotopic (exact) mass is 746 g/mol. The molecule has 4 fully saturated rings. The fourth-order valence-corrected chi connectivity index (χ4v) is 11.9. The molecular weight excluding hydrogens is 697 g/mol. The van der Waals surface area contributed by atoms with Gasteiger partial charge in [0, 0.05) is 25.2 Å². The van der Waals surface area contributed by atoms with Crippen LogP contribution in [-0.2, 0) is 37.8 Å². The van der Waals surface area contributed by atoms with Gasteiger partial charge in [-0.2, -0.15) is 0 Å². The third-order valence-corrected chi connectivity index (χ3v) is 15.5. The van der Waals surface area contributed by atoms with Gasteiger partial charge in [-0.1, -0.05) is 62.4 Å². The molecule has 7 rings (SSSR count). The van der Waals surface area contributed by atoms with Crippen molar-refractivity contribution in [1.82, 2.24) is 0 Å². The van der Waals surface area contributed by atoms with E-state index in [-0.39, 0.29) is 36.5 Å². The van der Waals surface area contributed by atoms with Crippen molar-refractivity contribution >= 4 is 37.2 Å². The van der Waals surface area contributed by atoms with Gasteiger partial charge in [-0.3, -0.25) is 14.4 Å². The first-order valence-corrected chi connectivity index (χ1v) is 21.5. The van der Waals surface area contributed by atoms with Gasteiger partial charge >= 0.3 is 17.9 Å². The van der Waals surface area contributed by atoms with E-state index in [1.807, 2.05) is 43.4 Å². The van der Waals surface area contributed by atoms with Gasteiger partial charge in [0.25, 0.3) is 0 Å². The van der Waals surface area contributed by atoms with Crippen molar-refractivity contribution in [3.63, 3.8) is 0 Å². The summed E-state index contributed by atoms with van der Waals surface area (Å²) in [5.74, 6) is -4.16. The molecule has 11 nitrogen and oxygen atoms in total. The van der Waals surface area contributed by atoms with E-state index in [1.54, 1.807) is 58.0 Å². The second-order valence-electron chi connectivity index (χ2n) is 16.8. The Kier molecular flexibility index (Phi) is 9.21. The van der Waals surface area contributed by atoms with Crippen LogP contribution in [0.5, 0.6) is 0 Å². The molecule has 12 heteroatoms. The summed E-state index contributed by atoms with van der Waals surface area (Å²) in [7, 11) is -2.85. The Labute approximate surface area is 311 Å². The topological polar surface area (TPSA) is 155 Å². The highest BCUT2D eigenvalue weighted by Gasteiger charge is 2.78. The number of carbonyl (C=O) groups is 4. The van der Waals surface area contributed by atoms with Crippen LogP contribution in [0.3, 0.4) is 0 Å². The number of ketones is 1. The third-order valence-electron chi connectivity index (χ3n) is 12.9. The first kappa shape index (κ1) is 37.6. The van der Waals surface area contributed by atoms with Crippen LogP contribution in [-0.4, -0.2) is 90.6 Å². The molecule has 4 aliphatic carbocycles. The van der Waals surface area contributed by atoms with Gasteiger partial charge in [-0.15, -0.1) is 0 Å². The SMILES string of the molecule is CC(=O)O[C@@]12CO[C@@H]1C[C@H](O[Si](C)(C)c1ccccc1)[C@@]1(C)C(=O)[C@H](OC(=O)C3CC3)C3=C(C)[C@@H](O)C[C@@](O)([C@@H](OC(=O)c4ccccc4)C12)C3(C)C. The Morgan fingerprint density at radius 2 is 1.57 bits per heavy atom. The highest BCUT2D eigenvalue weighted by Crippen LogP contribution is 2.65. The van der Waals surface area contributed by atoms with Crippen LogP contribution in [0.4, 0.5) is 0 Å². The van der Waals surface area contributed by atoms with Crippen LogP contribution in [0.2, 0.25) is 13.1 Å². The number of ether oxygens (including phenoxy) is 4. The van der Waals surface area contributed by atoms with Crippen LogP contribution in [0.15, 0.2) is 71.8 Å². The Morgan fingerprint density at radius 3 is 2.13 bits per heavy atom. The summed E-state index contributed by atoms with van der Waals surface area (Å²) in [5.41, 5.74) is -5.95. The lowest BCUT2D eigenvalue weighted by Crippen LogP contribution is -2.82. The molecule has 5 aliphatic rings. The number of benzene rings is 2. The fourth-order valence-electron chi connectivity index (χ4n) is 9.68. The number of aliphatic hydroxyl groups is 2. The van der Waals surface area contributed by atoms with Gasteiger partial charge in [-0.25, -0.2) is 4.79 Å². The predicted molar refractivity (Wildman–Crippen MR) is 194 cm³/mol. The van der Waals surface area contributed by atoms with E-state index in [0.717, 1.165) is 5.19 Å². The molecule has 3 saturated carbocycles. The van der Waals surface area contributed by atoms with Crippen molar-refractivity contribution in [2.45, 2.75) is 115 Å².